The number of benzene rings is 3. The van der Waals surface area contributed by atoms with Crippen LogP contribution >= 0.6 is 0 Å². The van der Waals surface area contributed by atoms with Gasteiger partial charge in [0.2, 0.25) is 0 Å². The van der Waals surface area contributed by atoms with Crippen LogP contribution in [0.1, 0.15) is 5.82 Å². The van der Waals surface area contributed by atoms with Crippen LogP contribution in [-0.4, -0.2) is 18.0 Å². The monoisotopic (exact) mass is 409 g/mol. The molecule has 4 rings (SSSR count). The minimum atomic E-state index is -3.98. The van der Waals surface area contributed by atoms with Gasteiger partial charge in [0.25, 0.3) is 15.6 Å². The van der Waals surface area contributed by atoms with Gasteiger partial charge in [-0.25, -0.2) is 17.8 Å². The first-order chi connectivity index (χ1) is 13.9. The van der Waals surface area contributed by atoms with Crippen LogP contribution in [0, 0.1) is 12.7 Å². The number of aromatic nitrogens is 2. The van der Waals surface area contributed by atoms with Crippen molar-refractivity contribution in [3.05, 3.63) is 94.8 Å². The lowest BCUT2D eigenvalue weighted by Crippen LogP contribution is -2.22. The maximum Gasteiger partial charge on any atom is 0.265 e. The molecule has 0 aliphatic heterocycles. The number of nitrogens with zero attached hydrogens (tertiary/aromatic N) is 2. The van der Waals surface area contributed by atoms with Crippen LogP contribution in [0.15, 0.2) is 82.5 Å². The Morgan fingerprint density at radius 2 is 1.66 bits per heavy atom. The van der Waals surface area contributed by atoms with Crippen molar-refractivity contribution < 1.29 is 12.8 Å². The zero-order chi connectivity index (χ0) is 20.6. The van der Waals surface area contributed by atoms with Gasteiger partial charge < -0.3 is 0 Å². The molecule has 8 heteroatoms. The number of hydrogen-bond donors (Lipinski definition) is 1. The zero-order valence-corrected chi connectivity index (χ0v) is 16.2. The highest BCUT2D eigenvalue weighted by molar-refractivity contribution is 7.92. The van der Waals surface area contributed by atoms with E-state index in [4.69, 9.17) is 0 Å². The molecule has 0 bridgehead atoms. The number of para-hydroxylation sites is 1. The molecule has 0 saturated carbocycles. The molecule has 146 valence electrons. The van der Waals surface area contributed by atoms with Crippen LogP contribution in [0.4, 0.5) is 10.1 Å². The molecule has 1 heterocycles. The largest absolute Gasteiger partial charge is 0.277 e. The summed E-state index contributed by atoms with van der Waals surface area (Å²) in [6.45, 7) is 1.66. The Bertz CT molecular complexity index is 1380. The van der Waals surface area contributed by atoms with Crippen molar-refractivity contribution in [3.8, 4) is 5.69 Å². The minimum Gasteiger partial charge on any atom is -0.277 e. The van der Waals surface area contributed by atoms with E-state index in [0.29, 0.717) is 22.4 Å². The van der Waals surface area contributed by atoms with Gasteiger partial charge in [-0.15, -0.1) is 0 Å². The third-order valence-electron chi connectivity index (χ3n) is 4.45. The van der Waals surface area contributed by atoms with Gasteiger partial charge in [-0.1, -0.05) is 30.3 Å². The van der Waals surface area contributed by atoms with Crippen LogP contribution in [0.3, 0.4) is 0 Å². The van der Waals surface area contributed by atoms with Gasteiger partial charge in [-0.05, 0) is 49.4 Å². The number of fused-ring (bicyclic) bond motifs is 1. The van der Waals surface area contributed by atoms with Gasteiger partial charge >= 0.3 is 0 Å². The van der Waals surface area contributed by atoms with E-state index in [1.54, 1.807) is 49.4 Å². The smallest absolute Gasteiger partial charge is 0.265 e. The Morgan fingerprint density at radius 1 is 0.966 bits per heavy atom. The average molecular weight is 409 g/mol. The summed E-state index contributed by atoms with van der Waals surface area (Å²) in [5.74, 6) is -0.357. The summed E-state index contributed by atoms with van der Waals surface area (Å²) in [7, 11) is -3.98. The lowest BCUT2D eigenvalue weighted by Gasteiger charge is -2.14. The molecule has 0 unspecified atom stereocenters. The highest BCUT2D eigenvalue weighted by Crippen LogP contribution is 2.23. The van der Waals surface area contributed by atoms with Gasteiger partial charge in [0, 0.05) is 0 Å². The lowest BCUT2D eigenvalue weighted by molar-refractivity contribution is 0.598. The normalized spacial score (nSPS) is 11.5. The summed E-state index contributed by atoms with van der Waals surface area (Å²) in [5.41, 5.74) is 0.277. The molecule has 29 heavy (non-hydrogen) atoms. The van der Waals surface area contributed by atoms with Crippen molar-refractivity contribution >= 4 is 26.6 Å². The van der Waals surface area contributed by atoms with Crippen LogP contribution in [0.25, 0.3) is 16.6 Å². The first-order valence-electron chi connectivity index (χ1n) is 8.73. The van der Waals surface area contributed by atoms with Crippen molar-refractivity contribution in [2.45, 2.75) is 11.8 Å². The highest BCUT2D eigenvalue weighted by Gasteiger charge is 2.18. The molecule has 0 amide bonds. The summed E-state index contributed by atoms with van der Waals surface area (Å²) in [6, 6.07) is 18.3. The fourth-order valence-corrected chi connectivity index (χ4v) is 4.16. The Balaban J connectivity index is 1.83. The van der Waals surface area contributed by atoms with Gasteiger partial charge in [0.1, 0.15) is 11.6 Å². The second-order valence-electron chi connectivity index (χ2n) is 6.40. The number of nitrogens with one attached hydrogen (secondary N) is 1. The van der Waals surface area contributed by atoms with E-state index < -0.39 is 15.8 Å². The Hall–Kier alpha value is -3.52. The van der Waals surface area contributed by atoms with E-state index in [2.05, 4.69) is 9.71 Å². The third kappa shape index (κ3) is 3.50. The predicted molar refractivity (Wildman–Crippen MR) is 109 cm³/mol. The van der Waals surface area contributed by atoms with Crippen molar-refractivity contribution in [2.24, 2.45) is 0 Å². The highest BCUT2D eigenvalue weighted by atomic mass is 32.2. The SMILES string of the molecule is Cc1nc2ccccc2c(=O)n1-c1ccc(F)c(NS(=O)(=O)c2ccccc2)c1. The molecule has 0 radical (unpaired) electrons. The third-order valence-corrected chi connectivity index (χ3v) is 5.83. The number of aryl methyl sites for hydroxylation is 1. The van der Waals surface area contributed by atoms with Crippen LogP contribution in [0.2, 0.25) is 0 Å². The molecule has 1 N–H and O–H groups in total. The topological polar surface area (TPSA) is 81.1 Å². The molecule has 0 fully saturated rings. The van der Waals surface area contributed by atoms with Crippen LogP contribution in [0.5, 0.6) is 0 Å². The Labute approximate surface area is 166 Å². The second kappa shape index (κ2) is 7.14. The van der Waals surface area contributed by atoms with Crippen molar-refractivity contribution in [1.82, 2.24) is 9.55 Å². The Kier molecular flexibility index (Phi) is 4.63. The maximum atomic E-state index is 14.4. The van der Waals surface area contributed by atoms with Crippen molar-refractivity contribution in [3.63, 3.8) is 0 Å². The van der Waals surface area contributed by atoms with Crippen LogP contribution in [-0.2, 0) is 10.0 Å². The summed E-state index contributed by atoms with van der Waals surface area (Å²) in [6.07, 6.45) is 0. The van der Waals surface area contributed by atoms with Gasteiger partial charge in [-0.2, -0.15) is 0 Å². The van der Waals surface area contributed by atoms with Gasteiger partial charge in [0.15, 0.2) is 0 Å². The number of hydrogen-bond acceptors (Lipinski definition) is 4. The fourth-order valence-electron chi connectivity index (χ4n) is 3.08. The fraction of sp³-hybridized carbons (Fsp3) is 0.0476. The molecule has 4 aromatic rings. The number of halogens is 1. The quantitative estimate of drug-likeness (QED) is 0.558. The number of anilines is 1. The predicted octanol–water partition coefficient (Wildman–Crippen LogP) is 3.63. The summed E-state index contributed by atoms with van der Waals surface area (Å²) in [4.78, 5) is 17.4. The summed E-state index contributed by atoms with van der Waals surface area (Å²) >= 11 is 0. The molecule has 3 aromatic carbocycles. The molecular formula is C21H16FN3O3S. The molecule has 0 aliphatic rings. The van der Waals surface area contributed by atoms with Gasteiger partial charge in [0.05, 0.1) is 27.2 Å². The second-order valence-corrected chi connectivity index (χ2v) is 8.08. The Morgan fingerprint density at radius 3 is 2.41 bits per heavy atom. The molecule has 0 atom stereocenters. The van der Waals surface area contributed by atoms with E-state index in [9.17, 15) is 17.6 Å². The molecule has 0 aliphatic carbocycles. The average Bonchev–Trinajstić information content (AvgIpc) is 2.71. The van der Waals surface area contributed by atoms with Crippen molar-refractivity contribution in [1.29, 1.82) is 0 Å². The first-order valence-corrected chi connectivity index (χ1v) is 10.2. The molecule has 0 spiro atoms. The summed E-state index contributed by atoms with van der Waals surface area (Å²) < 4.78 is 43.0. The van der Waals surface area contributed by atoms with Gasteiger partial charge in [-0.3, -0.25) is 14.1 Å². The van der Waals surface area contributed by atoms with E-state index in [1.807, 2.05) is 0 Å². The standard InChI is InChI=1S/C21H16FN3O3S/c1-14-23-19-10-6-5-9-17(19)21(26)25(14)15-11-12-18(22)20(13-15)24-29(27,28)16-7-3-2-4-8-16/h2-13,24H,1H3. The van der Waals surface area contributed by atoms with E-state index in [0.717, 1.165) is 6.07 Å². The number of sulfonamides is 1. The molecule has 6 nitrogen and oxygen atoms in total. The van der Waals surface area contributed by atoms with E-state index in [-0.39, 0.29) is 16.1 Å². The van der Waals surface area contributed by atoms with Crippen molar-refractivity contribution in [2.75, 3.05) is 4.72 Å². The van der Waals surface area contributed by atoms with Crippen LogP contribution < -0.4 is 10.3 Å². The van der Waals surface area contributed by atoms with E-state index >= 15 is 0 Å². The first kappa shape index (κ1) is 18.8. The zero-order valence-electron chi connectivity index (χ0n) is 15.3. The number of rotatable bonds is 4. The maximum absolute atomic E-state index is 14.4. The molecule has 1 aromatic heterocycles. The molecular weight excluding hydrogens is 393 g/mol. The molecule has 0 saturated heterocycles. The lowest BCUT2D eigenvalue weighted by atomic mass is 10.2. The van der Waals surface area contributed by atoms with E-state index in [1.165, 1.54) is 28.8 Å². The minimum absolute atomic E-state index is 0.00511. The summed E-state index contributed by atoms with van der Waals surface area (Å²) in [5, 5.41) is 0.411.